The van der Waals surface area contributed by atoms with Crippen molar-refractivity contribution in [1.29, 1.82) is 0 Å². The highest BCUT2D eigenvalue weighted by atomic mass is 16.5. The number of rotatable bonds is 3. The summed E-state index contributed by atoms with van der Waals surface area (Å²) in [6.07, 6.45) is 6.51. The molecule has 0 aliphatic carbocycles. The molecule has 0 amide bonds. The molecule has 3 rings (SSSR count). The Bertz CT molecular complexity index is 498. The summed E-state index contributed by atoms with van der Waals surface area (Å²) >= 11 is 0. The molecule has 0 aromatic heterocycles. The van der Waals surface area contributed by atoms with E-state index in [1.54, 1.807) is 4.90 Å². The van der Waals surface area contributed by atoms with E-state index >= 15 is 0 Å². The summed E-state index contributed by atoms with van der Waals surface area (Å²) in [5.74, 6) is 0.393. The van der Waals surface area contributed by atoms with E-state index in [0.717, 1.165) is 11.6 Å². The molecule has 1 unspecified atom stereocenters. The molecule has 21 heavy (non-hydrogen) atoms. The lowest BCUT2D eigenvalue weighted by molar-refractivity contribution is -0.940. The second-order valence-electron chi connectivity index (χ2n) is 6.63. The number of benzene rings is 1. The van der Waals surface area contributed by atoms with Gasteiger partial charge in [-0.3, -0.25) is 0 Å². The van der Waals surface area contributed by atoms with Crippen LogP contribution in [0.2, 0.25) is 0 Å². The molecule has 2 heterocycles. The van der Waals surface area contributed by atoms with Crippen LogP contribution in [0.15, 0.2) is 24.3 Å². The van der Waals surface area contributed by atoms with Crippen molar-refractivity contribution in [3.05, 3.63) is 35.4 Å². The molecule has 1 aromatic rings. The number of carbonyl (C=O) groups is 1. The topological polar surface area (TPSA) is 30.7 Å². The van der Waals surface area contributed by atoms with E-state index in [0.29, 0.717) is 18.1 Å². The highest BCUT2D eigenvalue weighted by Crippen LogP contribution is 2.21. The van der Waals surface area contributed by atoms with Crippen molar-refractivity contribution in [2.24, 2.45) is 5.92 Å². The van der Waals surface area contributed by atoms with Gasteiger partial charge in [0, 0.05) is 5.92 Å². The van der Waals surface area contributed by atoms with Crippen LogP contribution in [0.1, 0.15) is 48.0 Å². The minimum absolute atomic E-state index is 0.165. The molecule has 0 bridgehead atoms. The van der Waals surface area contributed by atoms with Crippen molar-refractivity contribution < 1.29 is 14.4 Å². The predicted molar refractivity (Wildman–Crippen MR) is 82.5 cm³/mol. The summed E-state index contributed by atoms with van der Waals surface area (Å²) in [7, 11) is 0. The van der Waals surface area contributed by atoms with Crippen LogP contribution in [0.3, 0.4) is 0 Å². The number of hydrogen-bond acceptors (Lipinski definition) is 2. The van der Waals surface area contributed by atoms with Crippen LogP contribution < -0.4 is 4.90 Å². The average molecular weight is 288 g/mol. The van der Waals surface area contributed by atoms with E-state index < -0.39 is 0 Å². The van der Waals surface area contributed by atoms with Crippen LogP contribution >= 0.6 is 0 Å². The summed E-state index contributed by atoms with van der Waals surface area (Å²) < 4.78 is 5.62. The van der Waals surface area contributed by atoms with Gasteiger partial charge < -0.3 is 9.64 Å². The zero-order valence-corrected chi connectivity index (χ0v) is 12.9. The first-order valence-electron chi connectivity index (χ1n) is 8.32. The second kappa shape index (κ2) is 6.61. The van der Waals surface area contributed by atoms with Gasteiger partial charge in [-0.25, -0.2) is 4.79 Å². The Labute approximate surface area is 127 Å². The Morgan fingerprint density at radius 2 is 2.10 bits per heavy atom. The zero-order chi connectivity index (χ0) is 14.7. The minimum atomic E-state index is -0.165. The molecule has 2 saturated heterocycles. The molecule has 0 radical (unpaired) electrons. The first-order valence-corrected chi connectivity index (χ1v) is 8.32. The summed E-state index contributed by atoms with van der Waals surface area (Å²) in [4.78, 5) is 13.9. The predicted octanol–water partition coefficient (Wildman–Crippen LogP) is 2.00. The number of quaternary nitrogens is 1. The molecule has 114 valence electrons. The lowest BCUT2D eigenvalue weighted by Crippen LogP contribution is -3.18. The van der Waals surface area contributed by atoms with Crippen LogP contribution in [-0.4, -0.2) is 31.7 Å². The standard InChI is InChI=1S/C18H25NO2/c1-14-6-4-7-15(12-14)18(20)21-13-16-8-5-11-19-10-3-2-9-17(16)19/h4,6-7,12,16-17H,2-3,5,8-11,13H2,1H3/p+1/t16-,17+/m0/s1. The normalized spacial score (nSPS) is 28.7. The number of esters is 1. The fourth-order valence-electron chi connectivity index (χ4n) is 4.02. The van der Waals surface area contributed by atoms with Gasteiger partial charge in [-0.2, -0.15) is 0 Å². The van der Waals surface area contributed by atoms with E-state index in [9.17, 15) is 4.79 Å². The highest BCUT2D eigenvalue weighted by Gasteiger charge is 2.37. The van der Waals surface area contributed by atoms with Gasteiger partial charge in [0.15, 0.2) is 0 Å². The van der Waals surface area contributed by atoms with Crippen LogP contribution in [-0.2, 0) is 4.74 Å². The molecule has 2 fully saturated rings. The van der Waals surface area contributed by atoms with Crippen molar-refractivity contribution in [2.75, 3.05) is 19.7 Å². The molecule has 0 saturated carbocycles. The number of carbonyl (C=O) groups excluding carboxylic acids is 1. The van der Waals surface area contributed by atoms with Crippen LogP contribution in [0.4, 0.5) is 0 Å². The van der Waals surface area contributed by atoms with Crippen molar-refractivity contribution in [1.82, 2.24) is 0 Å². The largest absolute Gasteiger partial charge is 0.462 e. The molecular formula is C18H26NO2+. The summed E-state index contributed by atoms with van der Waals surface area (Å²) in [6.45, 7) is 5.22. The molecular weight excluding hydrogens is 262 g/mol. The minimum Gasteiger partial charge on any atom is -0.462 e. The molecule has 3 nitrogen and oxygen atoms in total. The maximum absolute atomic E-state index is 12.2. The van der Waals surface area contributed by atoms with Gasteiger partial charge in [-0.1, -0.05) is 17.7 Å². The van der Waals surface area contributed by atoms with Crippen molar-refractivity contribution >= 4 is 5.97 Å². The molecule has 3 heteroatoms. The first kappa shape index (κ1) is 14.6. The van der Waals surface area contributed by atoms with E-state index in [-0.39, 0.29) is 5.97 Å². The lowest BCUT2D eigenvalue weighted by atomic mass is 9.84. The number of piperidine rings is 2. The fraction of sp³-hybridized carbons (Fsp3) is 0.611. The van der Waals surface area contributed by atoms with Crippen LogP contribution in [0, 0.1) is 12.8 Å². The Kier molecular flexibility index (Phi) is 4.59. The van der Waals surface area contributed by atoms with Crippen LogP contribution in [0.25, 0.3) is 0 Å². The van der Waals surface area contributed by atoms with Crippen molar-refractivity contribution in [3.8, 4) is 0 Å². The van der Waals surface area contributed by atoms with Gasteiger partial charge in [0.2, 0.25) is 0 Å². The van der Waals surface area contributed by atoms with Gasteiger partial charge in [0.1, 0.15) is 6.61 Å². The number of ether oxygens (including phenoxy) is 1. The summed E-state index contributed by atoms with van der Waals surface area (Å²) in [5, 5.41) is 0. The highest BCUT2D eigenvalue weighted by molar-refractivity contribution is 5.89. The molecule has 1 N–H and O–H groups in total. The van der Waals surface area contributed by atoms with Gasteiger partial charge in [-0.05, 0) is 51.2 Å². The number of fused-ring (bicyclic) bond motifs is 1. The maximum atomic E-state index is 12.2. The van der Waals surface area contributed by atoms with Gasteiger partial charge in [0.05, 0.1) is 24.7 Å². The number of nitrogens with one attached hydrogen (secondary N) is 1. The third kappa shape index (κ3) is 3.46. The fourth-order valence-corrected chi connectivity index (χ4v) is 4.02. The Morgan fingerprint density at radius 3 is 2.95 bits per heavy atom. The maximum Gasteiger partial charge on any atom is 0.338 e. The zero-order valence-electron chi connectivity index (χ0n) is 12.9. The number of aryl methyl sites for hydroxylation is 1. The molecule has 3 atom stereocenters. The summed E-state index contributed by atoms with van der Waals surface area (Å²) in [5.41, 5.74) is 1.78. The van der Waals surface area contributed by atoms with E-state index in [1.807, 2.05) is 31.2 Å². The van der Waals surface area contributed by atoms with E-state index in [1.165, 1.54) is 45.2 Å². The molecule has 2 aliphatic rings. The Hall–Kier alpha value is -1.35. The summed E-state index contributed by atoms with van der Waals surface area (Å²) in [6, 6.07) is 8.38. The first-order chi connectivity index (χ1) is 10.2. The third-order valence-corrected chi connectivity index (χ3v) is 5.11. The van der Waals surface area contributed by atoms with Gasteiger partial charge in [0.25, 0.3) is 0 Å². The van der Waals surface area contributed by atoms with Gasteiger partial charge >= 0.3 is 5.97 Å². The van der Waals surface area contributed by atoms with Crippen molar-refractivity contribution in [3.63, 3.8) is 0 Å². The van der Waals surface area contributed by atoms with E-state index in [4.69, 9.17) is 4.74 Å². The Morgan fingerprint density at radius 1 is 1.24 bits per heavy atom. The molecule has 2 aliphatic heterocycles. The second-order valence-corrected chi connectivity index (χ2v) is 6.63. The monoisotopic (exact) mass is 288 g/mol. The SMILES string of the molecule is Cc1cccc(C(=O)OC[C@@H]2CCC[NH+]3CCCC[C@H]23)c1. The quantitative estimate of drug-likeness (QED) is 0.863. The van der Waals surface area contributed by atoms with Gasteiger partial charge in [-0.15, -0.1) is 0 Å². The molecule has 0 spiro atoms. The lowest BCUT2D eigenvalue weighted by Gasteiger charge is -2.40. The molecule has 1 aromatic carbocycles. The van der Waals surface area contributed by atoms with Crippen molar-refractivity contribution in [2.45, 2.75) is 45.1 Å². The average Bonchev–Trinajstić information content (AvgIpc) is 2.52. The smallest absolute Gasteiger partial charge is 0.338 e. The Balaban J connectivity index is 1.57. The number of hydrogen-bond donors (Lipinski definition) is 1. The third-order valence-electron chi connectivity index (χ3n) is 5.11. The van der Waals surface area contributed by atoms with Crippen LogP contribution in [0.5, 0.6) is 0 Å². The van der Waals surface area contributed by atoms with E-state index in [2.05, 4.69) is 0 Å².